The Labute approximate surface area is 120 Å². The lowest BCUT2D eigenvalue weighted by Gasteiger charge is -2.29. The van der Waals surface area contributed by atoms with Crippen molar-refractivity contribution in [3.8, 4) is 5.75 Å². The van der Waals surface area contributed by atoms with Crippen LogP contribution in [-0.2, 0) is 10.0 Å². The van der Waals surface area contributed by atoms with Crippen LogP contribution in [-0.4, -0.2) is 43.4 Å². The highest BCUT2D eigenvalue weighted by Gasteiger charge is 2.32. The van der Waals surface area contributed by atoms with Crippen LogP contribution in [0.25, 0.3) is 0 Å². The summed E-state index contributed by atoms with van der Waals surface area (Å²) in [6.45, 7) is 0.267. The zero-order valence-electron chi connectivity index (χ0n) is 10.9. The van der Waals surface area contributed by atoms with E-state index in [0.29, 0.717) is 12.8 Å². The molecule has 1 N–H and O–H groups in total. The van der Waals surface area contributed by atoms with E-state index in [0.717, 1.165) is 28.6 Å². The van der Waals surface area contributed by atoms with Crippen LogP contribution in [0.1, 0.15) is 12.8 Å². The lowest BCUT2D eigenvalue weighted by atomic mass is 10.1. The number of β-amino-alcohol motifs (C(OH)–C–C–N with tert-alkyl or cyclic N) is 1. The zero-order chi connectivity index (χ0) is 15.7. The van der Waals surface area contributed by atoms with E-state index >= 15 is 0 Å². The molecule has 9 heteroatoms. The highest BCUT2D eigenvalue weighted by molar-refractivity contribution is 7.89. The molecular weight excluding hydrogens is 311 g/mol. The van der Waals surface area contributed by atoms with Crippen LogP contribution in [0, 0.1) is 0 Å². The summed E-state index contributed by atoms with van der Waals surface area (Å²) in [7, 11) is -3.82. The number of piperidine rings is 1. The summed E-state index contributed by atoms with van der Waals surface area (Å²) in [6, 6.07) is 4.00. The molecule has 1 aliphatic heterocycles. The molecule has 1 aromatic carbocycles. The molecule has 0 radical (unpaired) electrons. The number of aliphatic hydroxyl groups is 1. The van der Waals surface area contributed by atoms with E-state index in [1.165, 1.54) is 0 Å². The Balaban J connectivity index is 2.17. The molecule has 1 fully saturated rings. The van der Waals surface area contributed by atoms with Gasteiger partial charge in [0, 0.05) is 13.1 Å². The third-order valence-electron chi connectivity index (χ3n) is 3.05. The number of nitrogens with zero attached hydrogens (tertiary/aromatic N) is 1. The molecule has 0 spiro atoms. The van der Waals surface area contributed by atoms with Crippen molar-refractivity contribution >= 4 is 10.0 Å². The van der Waals surface area contributed by atoms with Crippen LogP contribution in [0.4, 0.5) is 13.2 Å². The summed E-state index contributed by atoms with van der Waals surface area (Å²) in [6.07, 6.45) is -4.47. The third kappa shape index (κ3) is 4.08. The van der Waals surface area contributed by atoms with Gasteiger partial charge in [-0.15, -0.1) is 13.2 Å². The minimum atomic E-state index is -4.82. The quantitative estimate of drug-likeness (QED) is 0.919. The second kappa shape index (κ2) is 5.82. The Morgan fingerprint density at radius 2 is 1.86 bits per heavy atom. The van der Waals surface area contributed by atoms with Gasteiger partial charge in [0.25, 0.3) is 0 Å². The lowest BCUT2D eigenvalue weighted by Crippen LogP contribution is -2.42. The molecule has 0 aliphatic carbocycles. The van der Waals surface area contributed by atoms with Crippen molar-refractivity contribution < 1.29 is 31.4 Å². The maximum absolute atomic E-state index is 12.3. The Hall–Kier alpha value is -1.32. The van der Waals surface area contributed by atoms with Crippen molar-refractivity contribution in [3.63, 3.8) is 0 Å². The first kappa shape index (κ1) is 16.1. The van der Waals surface area contributed by atoms with Gasteiger partial charge in [0.2, 0.25) is 10.0 Å². The van der Waals surface area contributed by atoms with E-state index in [2.05, 4.69) is 4.74 Å². The summed E-state index contributed by atoms with van der Waals surface area (Å²) < 4.78 is 65.5. The molecule has 1 aliphatic rings. The highest BCUT2D eigenvalue weighted by Crippen LogP contribution is 2.26. The van der Waals surface area contributed by atoms with E-state index in [4.69, 9.17) is 0 Å². The van der Waals surface area contributed by atoms with Gasteiger partial charge in [0.1, 0.15) is 5.75 Å². The number of benzene rings is 1. The number of sulfonamides is 1. The molecular formula is C12H14F3NO4S. The molecule has 1 atom stereocenters. The first-order valence-corrected chi connectivity index (χ1v) is 7.66. The average molecular weight is 325 g/mol. The maximum Gasteiger partial charge on any atom is 0.573 e. The van der Waals surface area contributed by atoms with Gasteiger partial charge in [-0.2, -0.15) is 4.31 Å². The molecule has 118 valence electrons. The number of aliphatic hydroxyl groups excluding tert-OH is 1. The third-order valence-corrected chi connectivity index (χ3v) is 4.93. The fourth-order valence-electron chi connectivity index (χ4n) is 2.10. The Morgan fingerprint density at radius 1 is 1.24 bits per heavy atom. The molecule has 1 heterocycles. The predicted octanol–water partition coefficient (Wildman–Crippen LogP) is 1.73. The van der Waals surface area contributed by atoms with Crippen molar-refractivity contribution in [1.29, 1.82) is 0 Å². The van der Waals surface area contributed by atoms with Gasteiger partial charge in [0.15, 0.2) is 0 Å². The number of halogens is 3. The molecule has 2 rings (SSSR count). The van der Waals surface area contributed by atoms with Crippen molar-refractivity contribution in [2.75, 3.05) is 13.1 Å². The van der Waals surface area contributed by atoms with E-state index in [1.54, 1.807) is 0 Å². The number of ether oxygens (including phenoxy) is 1. The monoisotopic (exact) mass is 325 g/mol. The van der Waals surface area contributed by atoms with Crippen LogP contribution < -0.4 is 4.74 Å². The second-order valence-corrected chi connectivity index (χ2v) is 6.62. The average Bonchev–Trinajstić information content (AvgIpc) is 2.37. The number of hydrogen-bond donors (Lipinski definition) is 1. The fraction of sp³-hybridized carbons (Fsp3) is 0.500. The maximum atomic E-state index is 12.3. The van der Waals surface area contributed by atoms with E-state index < -0.39 is 28.2 Å². The van der Waals surface area contributed by atoms with Crippen LogP contribution in [0.15, 0.2) is 29.2 Å². The number of rotatable bonds is 3. The summed E-state index contributed by atoms with van der Waals surface area (Å²) in [5.41, 5.74) is 0. The van der Waals surface area contributed by atoms with Crippen LogP contribution >= 0.6 is 0 Å². The van der Waals surface area contributed by atoms with E-state index in [-0.39, 0.29) is 18.0 Å². The van der Waals surface area contributed by atoms with Gasteiger partial charge < -0.3 is 9.84 Å². The van der Waals surface area contributed by atoms with Gasteiger partial charge in [-0.05, 0) is 37.1 Å². The molecule has 0 amide bonds. The molecule has 1 aromatic rings. The van der Waals surface area contributed by atoms with Crippen LogP contribution in [0.5, 0.6) is 5.75 Å². The normalized spacial score (nSPS) is 21.2. The van der Waals surface area contributed by atoms with Gasteiger partial charge in [-0.3, -0.25) is 0 Å². The molecule has 0 bridgehead atoms. The summed E-state index contributed by atoms with van der Waals surface area (Å²) in [5, 5.41) is 9.51. The molecule has 1 unspecified atom stereocenters. The first-order valence-electron chi connectivity index (χ1n) is 6.22. The van der Waals surface area contributed by atoms with Crippen LogP contribution in [0.3, 0.4) is 0 Å². The van der Waals surface area contributed by atoms with Crippen molar-refractivity contribution in [2.45, 2.75) is 30.2 Å². The molecule has 21 heavy (non-hydrogen) atoms. The predicted molar refractivity (Wildman–Crippen MR) is 67.1 cm³/mol. The van der Waals surface area contributed by atoms with Gasteiger partial charge in [0.05, 0.1) is 11.0 Å². The lowest BCUT2D eigenvalue weighted by molar-refractivity contribution is -0.274. The zero-order valence-corrected chi connectivity index (χ0v) is 11.7. The Kier molecular flexibility index (Phi) is 4.45. The SMILES string of the molecule is O=S(=O)(c1ccc(OC(F)(F)F)cc1)N1CCCC(O)C1. The van der Waals surface area contributed by atoms with Gasteiger partial charge in [-0.25, -0.2) is 8.42 Å². The van der Waals surface area contributed by atoms with E-state index in [9.17, 15) is 26.7 Å². The largest absolute Gasteiger partial charge is 0.573 e. The van der Waals surface area contributed by atoms with Gasteiger partial charge >= 0.3 is 6.36 Å². The summed E-state index contributed by atoms with van der Waals surface area (Å²) in [4.78, 5) is -0.133. The highest BCUT2D eigenvalue weighted by atomic mass is 32.2. The van der Waals surface area contributed by atoms with Crippen molar-refractivity contribution in [3.05, 3.63) is 24.3 Å². The van der Waals surface area contributed by atoms with Crippen molar-refractivity contribution in [1.82, 2.24) is 4.31 Å². The summed E-state index contributed by atoms with van der Waals surface area (Å²) >= 11 is 0. The first-order chi connectivity index (χ1) is 9.68. The molecule has 1 saturated heterocycles. The number of alkyl halides is 3. The fourth-order valence-corrected chi connectivity index (χ4v) is 3.62. The topological polar surface area (TPSA) is 66.8 Å². The minimum absolute atomic E-state index is 0.0108. The van der Waals surface area contributed by atoms with Crippen LogP contribution in [0.2, 0.25) is 0 Å². The molecule has 0 aromatic heterocycles. The molecule has 0 saturated carbocycles. The second-order valence-electron chi connectivity index (χ2n) is 4.68. The van der Waals surface area contributed by atoms with E-state index in [1.807, 2.05) is 0 Å². The Bertz CT molecular complexity index is 586. The standard InChI is InChI=1S/C12H14F3NO4S/c13-12(14,15)20-10-3-5-11(6-4-10)21(18,19)16-7-1-2-9(17)8-16/h3-6,9,17H,1-2,7-8H2. The Morgan fingerprint density at radius 3 is 2.38 bits per heavy atom. The smallest absolute Gasteiger partial charge is 0.406 e. The molecule has 5 nitrogen and oxygen atoms in total. The van der Waals surface area contributed by atoms with Crippen molar-refractivity contribution in [2.24, 2.45) is 0 Å². The minimum Gasteiger partial charge on any atom is -0.406 e. The number of hydrogen-bond acceptors (Lipinski definition) is 4. The summed E-state index contributed by atoms with van der Waals surface area (Å²) in [5.74, 6) is -0.486. The van der Waals surface area contributed by atoms with Gasteiger partial charge in [-0.1, -0.05) is 0 Å².